The summed E-state index contributed by atoms with van der Waals surface area (Å²) in [6.07, 6.45) is 1.83. The predicted octanol–water partition coefficient (Wildman–Crippen LogP) is 1.29. The molecule has 11 heavy (non-hydrogen) atoms. The van der Waals surface area contributed by atoms with E-state index in [0.717, 1.165) is 5.52 Å². The Morgan fingerprint density at radius 2 is 2.27 bits per heavy atom. The minimum absolute atomic E-state index is 0. The zero-order valence-electron chi connectivity index (χ0n) is 6.26. The second-order valence-electron chi connectivity index (χ2n) is 2.46. The number of hydrogen-bond donors (Lipinski definition) is 1. The minimum atomic E-state index is 0. The molecular weight excluding hydrogens is 140 g/mol. The maximum atomic E-state index is 3.92. The SMILES string of the molecule is Cc1ccc2cn[nH]c2c1.O.[HH]. The molecule has 0 fully saturated rings. The molecule has 0 saturated heterocycles. The van der Waals surface area contributed by atoms with Crippen LogP contribution in [0.5, 0.6) is 0 Å². The Morgan fingerprint density at radius 3 is 3.09 bits per heavy atom. The van der Waals surface area contributed by atoms with Crippen molar-refractivity contribution in [1.29, 1.82) is 0 Å². The third-order valence-electron chi connectivity index (χ3n) is 1.60. The largest absolute Gasteiger partial charge is 0.412 e. The molecule has 0 amide bonds. The molecular formula is C8H12N2O. The molecule has 0 saturated carbocycles. The van der Waals surface area contributed by atoms with Gasteiger partial charge in [-0.2, -0.15) is 5.10 Å². The molecule has 3 nitrogen and oxygen atoms in total. The van der Waals surface area contributed by atoms with Gasteiger partial charge in [0.2, 0.25) is 0 Å². The number of benzene rings is 1. The van der Waals surface area contributed by atoms with E-state index in [-0.39, 0.29) is 6.90 Å². The van der Waals surface area contributed by atoms with Crippen LogP contribution in [0.25, 0.3) is 10.9 Å². The number of nitrogens with one attached hydrogen (secondary N) is 1. The first kappa shape index (κ1) is 7.75. The van der Waals surface area contributed by atoms with Crippen LogP contribution in [0.1, 0.15) is 6.99 Å². The van der Waals surface area contributed by atoms with Gasteiger partial charge in [0, 0.05) is 6.81 Å². The molecule has 0 radical (unpaired) electrons. The Morgan fingerprint density at radius 1 is 1.45 bits per heavy atom. The maximum Gasteiger partial charge on any atom is 0.0652 e. The lowest BCUT2D eigenvalue weighted by Crippen LogP contribution is -1.70. The summed E-state index contributed by atoms with van der Waals surface area (Å²) in [7, 11) is 0. The molecule has 0 aliphatic heterocycles. The van der Waals surface area contributed by atoms with Crippen molar-refractivity contribution in [3.05, 3.63) is 30.0 Å². The second kappa shape index (κ2) is 2.72. The zero-order valence-corrected chi connectivity index (χ0v) is 6.26. The van der Waals surface area contributed by atoms with Crippen LogP contribution in [0.15, 0.2) is 24.4 Å². The third kappa shape index (κ3) is 1.23. The zero-order chi connectivity index (χ0) is 6.97. The van der Waals surface area contributed by atoms with Crippen LogP contribution < -0.4 is 0 Å². The number of aromatic amines is 1. The molecule has 0 atom stereocenters. The normalized spacial score (nSPS) is 9.55. The van der Waals surface area contributed by atoms with Crippen molar-refractivity contribution < 1.29 is 6.90 Å². The number of aromatic nitrogens is 2. The number of nitrogens with zero attached hydrogens (tertiary/aromatic N) is 1. The van der Waals surface area contributed by atoms with E-state index in [1.165, 1.54) is 10.9 Å². The van der Waals surface area contributed by atoms with Gasteiger partial charge in [-0.25, -0.2) is 0 Å². The van der Waals surface area contributed by atoms with E-state index in [1.54, 1.807) is 0 Å². The summed E-state index contributed by atoms with van der Waals surface area (Å²) in [6, 6.07) is 6.23. The summed E-state index contributed by atoms with van der Waals surface area (Å²) in [6.45, 7) is 2.07. The second-order valence-corrected chi connectivity index (χ2v) is 2.46. The fraction of sp³-hybridized carbons (Fsp3) is 0.125. The van der Waals surface area contributed by atoms with Gasteiger partial charge in [0.05, 0.1) is 11.7 Å². The van der Waals surface area contributed by atoms with Gasteiger partial charge in [0.15, 0.2) is 0 Å². The highest BCUT2D eigenvalue weighted by Crippen LogP contribution is 2.10. The molecule has 1 aromatic heterocycles. The lowest BCUT2D eigenvalue weighted by molar-refractivity contribution is 0.824. The van der Waals surface area contributed by atoms with Crippen molar-refractivity contribution in [3.63, 3.8) is 0 Å². The summed E-state index contributed by atoms with van der Waals surface area (Å²) in [5.74, 6) is 0. The van der Waals surface area contributed by atoms with Gasteiger partial charge in [-0.1, -0.05) is 12.1 Å². The fourth-order valence-electron chi connectivity index (χ4n) is 1.05. The maximum absolute atomic E-state index is 3.92. The molecule has 0 spiro atoms. The fourth-order valence-corrected chi connectivity index (χ4v) is 1.05. The van der Waals surface area contributed by atoms with Crippen molar-refractivity contribution in [2.24, 2.45) is 0 Å². The lowest BCUT2D eigenvalue weighted by Gasteiger charge is -1.89. The molecule has 0 aliphatic carbocycles. The quantitative estimate of drug-likeness (QED) is 0.607. The van der Waals surface area contributed by atoms with Crippen LogP contribution in [0.3, 0.4) is 0 Å². The van der Waals surface area contributed by atoms with Crippen molar-refractivity contribution >= 4 is 10.9 Å². The molecule has 60 valence electrons. The van der Waals surface area contributed by atoms with Gasteiger partial charge in [-0.3, -0.25) is 5.10 Å². The Labute approximate surface area is 65.8 Å². The van der Waals surface area contributed by atoms with E-state index in [9.17, 15) is 0 Å². The van der Waals surface area contributed by atoms with Crippen molar-refractivity contribution in [3.8, 4) is 0 Å². The number of hydrogen-bond acceptors (Lipinski definition) is 1. The number of H-pyrrole nitrogens is 1. The van der Waals surface area contributed by atoms with Crippen molar-refractivity contribution in [1.82, 2.24) is 10.2 Å². The molecule has 2 rings (SSSR count). The number of fused-ring (bicyclic) bond motifs is 1. The summed E-state index contributed by atoms with van der Waals surface area (Å²) in [5, 5.41) is 8.00. The van der Waals surface area contributed by atoms with E-state index in [4.69, 9.17) is 0 Å². The smallest absolute Gasteiger partial charge is 0.0652 e. The number of rotatable bonds is 0. The van der Waals surface area contributed by atoms with Crippen LogP contribution >= 0.6 is 0 Å². The molecule has 3 heteroatoms. The van der Waals surface area contributed by atoms with Gasteiger partial charge in [-0.15, -0.1) is 0 Å². The van der Waals surface area contributed by atoms with Gasteiger partial charge in [0.1, 0.15) is 0 Å². The van der Waals surface area contributed by atoms with Gasteiger partial charge in [-0.05, 0) is 18.6 Å². The van der Waals surface area contributed by atoms with Crippen LogP contribution in [0.2, 0.25) is 0 Å². The minimum Gasteiger partial charge on any atom is -0.412 e. The summed E-state index contributed by atoms with van der Waals surface area (Å²) >= 11 is 0. The van der Waals surface area contributed by atoms with Crippen LogP contribution in [-0.2, 0) is 0 Å². The van der Waals surface area contributed by atoms with Gasteiger partial charge < -0.3 is 5.48 Å². The van der Waals surface area contributed by atoms with E-state index in [1.807, 2.05) is 6.20 Å². The van der Waals surface area contributed by atoms with E-state index in [2.05, 4.69) is 35.3 Å². The van der Waals surface area contributed by atoms with Gasteiger partial charge in [0.25, 0.3) is 0 Å². The average Bonchev–Trinajstić information content (AvgIpc) is 2.33. The first-order chi connectivity index (χ1) is 4.86. The highest BCUT2D eigenvalue weighted by Gasteiger charge is 1.92. The highest BCUT2D eigenvalue weighted by atomic mass is 16.0. The van der Waals surface area contributed by atoms with Gasteiger partial charge >= 0.3 is 0 Å². The molecule has 2 aromatic rings. The summed E-state index contributed by atoms with van der Waals surface area (Å²) in [5.41, 5.74) is 2.37. The molecule has 0 aliphatic rings. The topological polar surface area (TPSA) is 60.2 Å². The molecule has 0 unspecified atom stereocenters. The standard InChI is InChI=1S/C8H8N2.H2O.H2/c1-6-2-3-7-5-9-10-8(7)4-6;;/h2-5H,1H3,(H,9,10);1H2;1H. The van der Waals surface area contributed by atoms with Crippen LogP contribution in [-0.4, -0.2) is 15.7 Å². The Balaban J connectivity index is 0.000000605. The van der Waals surface area contributed by atoms with E-state index >= 15 is 0 Å². The summed E-state index contributed by atoms with van der Waals surface area (Å²) < 4.78 is 0. The molecule has 1 aromatic carbocycles. The Hall–Kier alpha value is -1.35. The van der Waals surface area contributed by atoms with E-state index < -0.39 is 0 Å². The first-order valence-electron chi connectivity index (χ1n) is 3.26. The molecule has 1 heterocycles. The van der Waals surface area contributed by atoms with Crippen molar-refractivity contribution in [2.45, 2.75) is 6.92 Å². The molecule has 3 N–H and O–H groups in total. The predicted molar refractivity (Wildman–Crippen MR) is 46.6 cm³/mol. The summed E-state index contributed by atoms with van der Waals surface area (Å²) in [4.78, 5) is 0. The monoisotopic (exact) mass is 152 g/mol. The third-order valence-corrected chi connectivity index (χ3v) is 1.60. The average molecular weight is 152 g/mol. The Kier molecular flexibility index (Phi) is 1.92. The Bertz CT molecular complexity index is 359. The van der Waals surface area contributed by atoms with E-state index in [0.29, 0.717) is 0 Å². The highest BCUT2D eigenvalue weighted by molar-refractivity contribution is 5.78. The first-order valence-corrected chi connectivity index (χ1v) is 3.26. The van der Waals surface area contributed by atoms with Crippen LogP contribution in [0, 0.1) is 6.92 Å². The van der Waals surface area contributed by atoms with Crippen molar-refractivity contribution in [2.75, 3.05) is 0 Å². The number of aryl methyl sites for hydroxylation is 1. The molecule has 0 bridgehead atoms. The van der Waals surface area contributed by atoms with Crippen LogP contribution in [0.4, 0.5) is 0 Å². The lowest BCUT2D eigenvalue weighted by atomic mass is 10.2.